The third-order valence-electron chi connectivity index (χ3n) is 4.75. The summed E-state index contributed by atoms with van der Waals surface area (Å²) in [5.74, 6) is 1.10. The molecule has 2 aromatic rings. The molecule has 148 valence electrons. The maximum Gasteiger partial charge on any atom is 0.262 e. The lowest BCUT2D eigenvalue weighted by atomic mass is 9.99. The first-order valence-corrected chi connectivity index (χ1v) is 10.4. The zero-order valence-electron chi connectivity index (χ0n) is 15.6. The van der Waals surface area contributed by atoms with Crippen LogP contribution in [0, 0.1) is 5.92 Å². The van der Waals surface area contributed by atoms with Gasteiger partial charge < -0.3 is 15.0 Å². The second kappa shape index (κ2) is 9.59. The van der Waals surface area contributed by atoms with Crippen LogP contribution in [-0.4, -0.2) is 35.5 Å². The van der Waals surface area contributed by atoms with Crippen molar-refractivity contribution in [2.45, 2.75) is 19.8 Å². The van der Waals surface area contributed by atoms with Crippen LogP contribution in [0.4, 0.5) is 5.69 Å². The zero-order valence-corrected chi connectivity index (χ0v) is 17.9. The third kappa shape index (κ3) is 5.60. The number of hydrogen-bond acceptors (Lipinski definition) is 3. The largest absolute Gasteiger partial charge is 0.484 e. The maximum absolute atomic E-state index is 12.1. The van der Waals surface area contributed by atoms with Crippen LogP contribution in [0.25, 0.3) is 0 Å². The number of nitrogens with one attached hydrogen (secondary N) is 1. The number of carbonyl (C=O) groups is 1. The van der Waals surface area contributed by atoms with Crippen LogP contribution in [0.3, 0.4) is 0 Å². The summed E-state index contributed by atoms with van der Waals surface area (Å²) in [7, 11) is 0. The fourth-order valence-corrected chi connectivity index (χ4v) is 3.62. The molecule has 0 bridgehead atoms. The Labute approximate surface area is 180 Å². The molecule has 0 atom stereocenters. The average molecular weight is 437 g/mol. The van der Waals surface area contributed by atoms with Gasteiger partial charge in [0.1, 0.15) is 10.7 Å². The summed E-state index contributed by atoms with van der Waals surface area (Å²) in [5, 5.41) is 3.54. The van der Waals surface area contributed by atoms with E-state index in [1.165, 1.54) is 12.8 Å². The fourth-order valence-electron chi connectivity index (χ4n) is 3.01. The van der Waals surface area contributed by atoms with Crippen LogP contribution in [0.15, 0.2) is 42.5 Å². The van der Waals surface area contributed by atoms with Gasteiger partial charge in [-0.2, -0.15) is 0 Å². The molecule has 7 heteroatoms. The quantitative estimate of drug-likeness (QED) is 0.635. The van der Waals surface area contributed by atoms with E-state index in [-0.39, 0.29) is 12.5 Å². The molecule has 28 heavy (non-hydrogen) atoms. The maximum atomic E-state index is 12.1. The monoisotopic (exact) mass is 436 g/mol. The predicted molar refractivity (Wildman–Crippen MR) is 119 cm³/mol. The van der Waals surface area contributed by atoms with E-state index in [1.807, 2.05) is 24.3 Å². The topological polar surface area (TPSA) is 41.6 Å². The summed E-state index contributed by atoms with van der Waals surface area (Å²) in [6, 6.07) is 12.5. The highest BCUT2D eigenvalue weighted by molar-refractivity contribution is 7.80. The molecule has 0 aliphatic carbocycles. The molecule has 1 heterocycles. The van der Waals surface area contributed by atoms with Crippen molar-refractivity contribution in [1.29, 1.82) is 0 Å². The van der Waals surface area contributed by atoms with E-state index in [9.17, 15) is 4.79 Å². The molecule has 1 aliphatic heterocycles. The van der Waals surface area contributed by atoms with E-state index in [1.54, 1.807) is 18.2 Å². The first-order chi connectivity index (χ1) is 13.4. The molecule has 0 spiro atoms. The first-order valence-electron chi connectivity index (χ1n) is 9.19. The molecule has 3 rings (SSSR count). The van der Waals surface area contributed by atoms with Gasteiger partial charge in [0, 0.05) is 24.3 Å². The van der Waals surface area contributed by atoms with Crippen molar-refractivity contribution in [3.63, 3.8) is 0 Å². The van der Waals surface area contributed by atoms with Gasteiger partial charge in [-0.1, -0.05) is 42.3 Å². The van der Waals surface area contributed by atoms with E-state index in [4.69, 9.17) is 40.2 Å². The zero-order chi connectivity index (χ0) is 20.1. The van der Waals surface area contributed by atoms with Crippen molar-refractivity contribution in [1.82, 2.24) is 4.90 Å². The molecule has 2 aromatic carbocycles. The van der Waals surface area contributed by atoms with Crippen LogP contribution >= 0.6 is 35.4 Å². The lowest BCUT2D eigenvalue weighted by Crippen LogP contribution is -2.37. The molecule has 1 aliphatic rings. The van der Waals surface area contributed by atoms with E-state index in [0.29, 0.717) is 21.5 Å². The van der Waals surface area contributed by atoms with Gasteiger partial charge in [-0.3, -0.25) is 4.79 Å². The summed E-state index contributed by atoms with van der Waals surface area (Å²) in [4.78, 5) is 15.2. The lowest BCUT2D eigenvalue weighted by Gasteiger charge is -2.32. The number of thiocarbonyl (C=S) groups is 1. The van der Waals surface area contributed by atoms with Crippen LogP contribution in [0.5, 0.6) is 5.75 Å². The highest BCUT2D eigenvalue weighted by atomic mass is 35.5. The smallest absolute Gasteiger partial charge is 0.262 e. The summed E-state index contributed by atoms with van der Waals surface area (Å²) >= 11 is 17.4. The van der Waals surface area contributed by atoms with Gasteiger partial charge in [0.25, 0.3) is 5.91 Å². The summed E-state index contributed by atoms with van der Waals surface area (Å²) in [6.07, 6.45) is 2.35. The van der Waals surface area contributed by atoms with E-state index in [0.717, 1.165) is 29.6 Å². The summed E-state index contributed by atoms with van der Waals surface area (Å²) in [5.41, 5.74) is 1.57. The Kier molecular flexibility index (Phi) is 7.16. The molecule has 0 unspecified atom stereocenters. The Hall–Kier alpha value is -1.82. The van der Waals surface area contributed by atoms with Crippen molar-refractivity contribution in [3.05, 3.63) is 58.1 Å². The number of carbonyl (C=O) groups excluding carboxylic acids is 1. The van der Waals surface area contributed by atoms with Gasteiger partial charge in [-0.15, -0.1) is 0 Å². The van der Waals surface area contributed by atoms with Crippen molar-refractivity contribution >= 4 is 52.0 Å². The SMILES string of the molecule is CC1CCN(C(=S)c2ccc(OCC(=O)Nc3ccc(Cl)c(Cl)c3)cc2)CC1. The number of amides is 1. The second-order valence-corrected chi connectivity index (χ2v) is 8.17. The number of rotatable bonds is 5. The Morgan fingerprint density at radius 1 is 1.14 bits per heavy atom. The van der Waals surface area contributed by atoms with Gasteiger partial charge in [0.05, 0.1) is 10.0 Å². The second-order valence-electron chi connectivity index (χ2n) is 6.96. The highest BCUT2D eigenvalue weighted by Gasteiger charge is 2.18. The third-order valence-corrected chi connectivity index (χ3v) is 5.98. The molecular formula is C21H22Cl2N2O2S. The van der Waals surface area contributed by atoms with Gasteiger partial charge in [0.2, 0.25) is 0 Å². The average Bonchev–Trinajstić information content (AvgIpc) is 2.70. The van der Waals surface area contributed by atoms with Crippen molar-refractivity contribution in [2.24, 2.45) is 5.92 Å². The van der Waals surface area contributed by atoms with Crippen LogP contribution in [-0.2, 0) is 4.79 Å². The summed E-state index contributed by atoms with van der Waals surface area (Å²) < 4.78 is 5.56. The van der Waals surface area contributed by atoms with Crippen molar-refractivity contribution < 1.29 is 9.53 Å². The van der Waals surface area contributed by atoms with Gasteiger partial charge in [0.15, 0.2) is 6.61 Å². The van der Waals surface area contributed by atoms with Gasteiger partial charge in [-0.25, -0.2) is 0 Å². The number of halogens is 2. The molecule has 1 saturated heterocycles. The van der Waals surface area contributed by atoms with Gasteiger partial charge in [-0.05, 0) is 61.2 Å². The minimum absolute atomic E-state index is 0.103. The van der Waals surface area contributed by atoms with E-state index in [2.05, 4.69) is 17.1 Å². The molecule has 4 nitrogen and oxygen atoms in total. The molecule has 1 N–H and O–H groups in total. The Morgan fingerprint density at radius 2 is 1.82 bits per heavy atom. The predicted octanol–water partition coefficient (Wildman–Crippen LogP) is 5.42. The van der Waals surface area contributed by atoms with E-state index < -0.39 is 0 Å². The number of benzene rings is 2. The Balaban J connectivity index is 1.50. The molecule has 1 fully saturated rings. The van der Waals surface area contributed by atoms with E-state index >= 15 is 0 Å². The normalized spacial score (nSPS) is 14.6. The van der Waals surface area contributed by atoms with Crippen molar-refractivity contribution in [2.75, 3.05) is 25.0 Å². The number of ether oxygens (including phenoxy) is 1. The molecule has 0 saturated carbocycles. The highest BCUT2D eigenvalue weighted by Crippen LogP contribution is 2.25. The van der Waals surface area contributed by atoms with Crippen LogP contribution < -0.4 is 10.1 Å². The molecule has 0 aromatic heterocycles. The minimum atomic E-state index is -0.277. The number of hydrogen-bond donors (Lipinski definition) is 1. The number of nitrogens with zero attached hydrogens (tertiary/aromatic N) is 1. The Morgan fingerprint density at radius 3 is 2.46 bits per heavy atom. The number of anilines is 1. The standard InChI is InChI=1S/C21H22Cl2N2O2S/c1-14-8-10-25(11-9-14)21(28)15-2-5-17(6-3-15)27-13-20(26)24-16-4-7-18(22)19(23)12-16/h2-7,12,14H,8-11,13H2,1H3,(H,24,26). The first kappa shape index (κ1) is 20.9. The lowest BCUT2D eigenvalue weighted by molar-refractivity contribution is -0.118. The molecule has 1 amide bonds. The van der Waals surface area contributed by atoms with Gasteiger partial charge >= 0.3 is 0 Å². The minimum Gasteiger partial charge on any atom is -0.484 e. The number of piperidine rings is 1. The van der Waals surface area contributed by atoms with Crippen LogP contribution in [0.1, 0.15) is 25.3 Å². The van der Waals surface area contributed by atoms with Crippen molar-refractivity contribution in [3.8, 4) is 5.75 Å². The fraction of sp³-hybridized carbons (Fsp3) is 0.333. The Bertz CT molecular complexity index is 850. The van der Waals surface area contributed by atoms with Crippen LogP contribution in [0.2, 0.25) is 10.0 Å². The molecular weight excluding hydrogens is 415 g/mol. The molecule has 0 radical (unpaired) electrons. The summed E-state index contributed by atoms with van der Waals surface area (Å²) in [6.45, 7) is 4.19. The number of likely N-dealkylation sites (tertiary alicyclic amines) is 1.